The molecule has 1 saturated heterocycles. The van der Waals surface area contributed by atoms with Gasteiger partial charge in [0.05, 0.1) is 11.4 Å². The van der Waals surface area contributed by atoms with Gasteiger partial charge in [0.1, 0.15) is 0 Å². The Bertz CT molecular complexity index is 750. The summed E-state index contributed by atoms with van der Waals surface area (Å²) in [6.45, 7) is 12.9. The van der Waals surface area contributed by atoms with Gasteiger partial charge in [-0.15, -0.1) is 0 Å². The van der Waals surface area contributed by atoms with Crippen molar-refractivity contribution in [3.8, 4) is 0 Å². The van der Waals surface area contributed by atoms with Crippen molar-refractivity contribution in [2.75, 3.05) is 38.0 Å². The van der Waals surface area contributed by atoms with E-state index in [2.05, 4.69) is 24.1 Å². The molecular formula is C20H33N3O3S. The second kappa shape index (κ2) is 9.17. The van der Waals surface area contributed by atoms with Gasteiger partial charge in [-0.25, -0.2) is 8.42 Å². The van der Waals surface area contributed by atoms with Gasteiger partial charge in [-0.05, 0) is 42.9 Å². The largest absolute Gasteiger partial charge is 0.325 e. The molecule has 0 saturated carbocycles. The lowest BCUT2D eigenvalue weighted by Gasteiger charge is -2.34. The zero-order chi connectivity index (χ0) is 20.2. The number of carbonyl (C=O) groups is 1. The lowest BCUT2D eigenvalue weighted by atomic mass is 9.92. The number of hydrogen-bond donors (Lipinski definition) is 1. The van der Waals surface area contributed by atoms with Gasteiger partial charge < -0.3 is 5.32 Å². The van der Waals surface area contributed by atoms with Crippen molar-refractivity contribution < 1.29 is 13.2 Å². The molecule has 1 aliphatic heterocycles. The van der Waals surface area contributed by atoms with Crippen molar-refractivity contribution in [2.24, 2.45) is 11.8 Å². The standard InChI is InChI=1S/C20H33N3O3S/c1-6-23(7-2)27(25,26)19-11-18(9-8-17(19)5)21-20(24)14-22-12-15(3)10-16(4)13-22/h8-9,11,15-16H,6-7,10,12-14H2,1-5H3,(H,21,24)/t15-,16-/m1/s1. The Kier molecular flexibility index (Phi) is 7.42. The number of carbonyl (C=O) groups excluding carboxylic acids is 1. The molecule has 1 fully saturated rings. The molecule has 27 heavy (non-hydrogen) atoms. The van der Waals surface area contributed by atoms with Crippen LogP contribution in [0.4, 0.5) is 5.69 Å². The summed E-state index contributed by atoms with van der Waals surface area (Å²) >= 11 is 0. The summed E-state index contributed by atoms with van der Waals surface area (Å²) in [6, 6.07) is 5.08. The van der Waals surface area contributed by atoms with E-state index >= 15 is 0 Å². The van der Waals surface area contributed by atoms with Crippen LogP contribution in [0, 0.1) is 18.8 Å². The molecule has 1 aliphatic rings. The molecule has 0 radical (unpaired) electrons. The minimum absolute atomic E-state index is 0.105. The highest BCUT2D eigenvalue weighted by Crippen LogP contribution is 2.24. The van der Waals surface area contributed by atoms with E-state index in [1.807, 2.05) is 13.8 Å². The van der Waals surface area contributed by atoms with Gasteiger partial charge in [-0.3, -0.25) is 9.69 Å². The minimum Gasteiger partial charge on any atom is -0.325 e. The van der Waals surface area contributed by atoms with Crippen LogP contribution in [0.5, 0.6) is 0 Å². The summed E-state index contributed by atoms with van der Waals surface area (Å²) in [5, 5.41) is 2.87. The number of benzene rings is 1. The van der Waals surface area contributed by atoms with Gasteiger partial charge >= 0.3 is 0 Å². The third-order valence-electron chi connectivity index (χ3n) is 5.11. The summed E-state index contributed by atoms with van der Waals surface area (Å²) in [7, 11) is -3.56. The highest BCUT2D eigenvalue weighted by atomic mass is 32.2. The summed E-state index contributed by atoms with van der Waals surface area (Å²) < 4.78 is 27.1. The van der Waals surface area contributed by atoms with Gasteiger partial charge in [0.25, 0.3) is 0 Å². The maximum absolute atomic E-state index is 12.8. The number of aryl methyl sites for hydroxylation is 1. The fourth-order valence-electron chi connectivity index (χ4n) is 3.98. The maximum Gasteiger partial charge on any atom is 0.243 e. The van der Waals surface area contributed by atoms with E-state index in [-0.39, 0.29) is 10.8 Å². The highest BCUT2D eigenvalue weighted by Gasteiger charge is 2.25. The second-order valence-electron chi connectivity index (χ2n) is 7.76. The van der Waals surface area contributed by atoms with Crippen molar-refractivity contribution in [3.63, 3.8) is 0 Å². The van der Waals surface area contributed by atoms with Crippen LogP contribution >= 0.6 is 0 Å². The molecule has 0 spiro atoms. The van der Waals surface area contributed by atoms with E-state index in [1.165, 1.54) is 10.7 Å². The van der Waals surface area contributed by atoms with E-state index < -0.39 is 10.0 Å². The average molecular weight is 396 g/mol. The lowest BCUT2D eigenvalue weighted by Crippen LogP contribution is -2.42. The molecule has 0 unspecified atom stereocenters. The summed E-state index contributed by atoms with van der Waals surface area (Å²) in [5.41, 5.74) is 1.20. The average Bonchev–Trinajstić information content (AvgIpc) is 2.56. The molecule has 152 valence electrons. The van der Waals surface area contributed by atoms with Crippen LogP contribution in [-0.4, -0.2) is 56.3 Å². The summed E-state index contributed by atoms with van der Waals surface area (Å²) in [5.74, 6) is 1.07. The van der Waals surface area contributed by atoms with E-state index in [0.29, 0.717) is 42.7 Å². The molecule has 1 N–H and O–H groups in total. The summed E-state index contributed by atoms with van der Waals surface area (Å²) in [6.07, 6.45) is 1.20. The SMILES string of the molecule is CCN(CC)S(=O)(=O)c1cc(NC(=O)CN2C[C@H](C)C[C@@H](C)C2)ccc1C. The monoisotopic (exact) mass is 395 g/mol. The first-order chi connectivity index (χ1) is 12.7. The molecule has 7 heteroatoms. The molecule has 6 nitrogen and oxygen atoms in total. The molecule has 0 aromatic heterocycles. The van der Waals surface area contributed by atoms with Crippen molar-refractivity contribution in [3.05, 3.63) is 23.8 Å². The Morgan fingerprint density at radius 2 is 1.78 bits per heavy atom. The number of anilines is 1. The lowest BCUT2D eigenvalue weighted by molar-refractivity contribution is -0.117. The van der Waals surface area contributed by atoms with Gasteiger partial charge in [0, 0.05) is 31.9 Å². The third kappa shape index (κ3) is 5.53. The Balaban J connectivity index is 2.12. The van der Waals surface area contributed by atoms with Crippen molar-refractivity contribution in [2.45, 2.75) is 45.9 Å². The maximum atomic E-state index is 12.8. The Morgan fingerprint density at radius 3 is 2.33 bits per heavy atom. The zero-order valence-corrected chi connectivity index (χ0v) is 18.0. The Hall–Kier alpha value is -1.44. The number of piperidine rings is 1. The molecule has 0 bridgehead atoms. The third-order valence-corrected chi connectivity index (χ3v) is 7.30. The Morgan fingerprint density at radius 1 is 1.19 bits per heavy atom. The first kappa shape index (κ1) is 21.9. The van der Waals surface area contributed by atoms with E-state index in [9.17, 15) is 13.2 Å². The normalized spacial score (nSPS) is 21.4. The molecule has 2 rings (SSSR count). The van der Waals surface area contributed by atoms with Gasteiger partial charge in [0.15, 0.2) is 0 Å². The number of likely N-dealkylation sites (tertiary alicyclic amines) is 1. The molecule has 1 aromatic carbocycles. The molecule has 0 aliphatic carbocycles. The number of nitrogens with one attached hydrogen (secondary N) is 1. The number of amides is 1. The molecule has 1 aromatic rings. The second-order valence-corrected chi connectivity index (χ2v) is 9.66. The first-order valence-corrected chi connectivity index (χ1v) is 11.2. The Labute approximate surface area is 164 Å². The van der Waals surface area contributed by atoms with Crippen LogP contribution in [0.25, 0.3) is 0 Å². The van der Waals surface area contributed by atoms with Crippen LogP contribution in [0.2, 0.25) is 0 Å². The van der Waals surface area contributed by atoms with Crippen molar-refractivity contribution >= 4 is 21.6 Å². The fourth-order valence-corrected chi connectivity index (χ4v) is 5.69. The van der Waals surface area contributed by atoms with Crippen LogP contribution in [0.1, 0.15) is 39.7 Å². The van der Waals surface area contributed by atoms with Crippen LogP contribution in [0.15, 0.2) is 23.1 Å². The predicted molar refractivity (Wildman–Crippen MR) is 109 cm³/mol. The van der Waals surface area contributed by atoms with Gasteiger partial charge in [0.2, 0.25) is 15.9 Å². The van der Waals surface area contributed by atoms with Crippen molar-refractivity contribution in [1.29, 1.82) is 0 Å². The quantitative estimate of drug-likeness (QED) is 0.771. The topological polar surface area (TPSA) is 69.7 Å². The molecule has 1 heterocycles. The number of hydrogen-bond acceptors (Lipinski definition) is 4. The van der Waals surface area contributed by atoms with Gasteiger partial charge in [-0.2, -0.15) is 4.31 Å². The fraction of sp³-hybridized carbons (Fsp3) is 0.650. The van der Waals surface area contributed by atoms with Crippen LogP contribution < -0.4 is 5.32 Å². The van der Waals surface area contributed by atoms with E-state index in [1.54, 1.807) is 25.1 Å². The minimum atomic E-state index is -3.56. The first-order valence-electron chi connectivity index (χ1n) is 9.80. The number of rotatable bonds is 7. The smallest absolute Gasteiger partial charge is 0.243 e. The zero-order valence-electron chi connectivity index (χ0n) is 17.2. The molecular weight excluding hydrogens is 362 g/mol. The summed E-state index contributed by atoms with van der Waals surface area (Å²) in [4.78, 5) is 14.9. The molecule has 2 atom stereocenters. The van der Waals surface area contributed by atoms with Crippen LogP contribution in [-0.2, 0) is 14.8 Å². The predicted octanol–water partition coefficient (Wildman–Crippen LogP) is 2.94. The van der Waals surface area contributed by atoms with Crippen LogP contribution in [0.3, 0.4) is 0 Å². The van der Waals surface area contributed by atoms with Crippen molar-refractivity contribution in [1.82, 2.24) is 9.21 Å². The molecule has 1 amide bonds. The van der Waals surface area contributed by atoms with E-state index in [0.717, 1.165) is 13.1 Å². The number of sulfonamides is 1. The number of nitrogens with zero attached hydrogens (tertiary/aromatic N) is 2. The van der Waals surface area contributed by atoms with Gasteiger partial charge in [-0.1, -0.05) is 33.8 Å². The van der Waals surface area contributed by atoms with E-state index in [4.69, 9.17) is 0 Å². The highest BCUT2D eigenvalue weighted by molar-refractivity contribution is 7.89.